The molecular weight excluding hydrogens is 262 g/mol. The van der Waals surface area contributed by atoms with Gasteiger partial charge in [0, 0.05) is 32.2 Å². The van der Waals surface area contributed by atoms with Crippen molar-refractivity contribution in [2.24, 2.45) is 5.92 Å². The van der Waals surface area contributed by atoms with E-state index < -0.39 is 10.0 Å². The molecule has 0 radical (unpaired) electrons. The van der Waals surface area contributed by atoms with Crippen molar-refractivity contribution in [3.8, 4) is 0 Å². The van der Waals surface area contributed by atoms with Crippen molar-refractivity contribution in [3.05, 3.63) is 0 Å². The van der Waals surface area contributed by atoms with Crippen molar-refractivity contribution in [2.75, 3.05) is 45.0 Å². The second kappa shape index (κ2) is 5.68. The van der Waals surface area contributed by atoms with Crippen molar-refractivity contribution in [2.45, 2.75) is 31.7 Å². The molecule has 19 heavy (non-hydrogen) atoms. The van der Waals surface area contributed by atoms with Gasteiger partial charge in [0.05, 0.1) is 5.75 Å². The average molecular weight is 287 g/mol. The number of piperidine rings is 1. The summed E-state index contributed by atoms with van der Waals surface area (Å²) in [6.45, 7) is 5.13. The fourth-order valence-corrected chi connectivity index (χ4v) is 5.07. The van der Waals surface area contributed by atoms with Crippen LogP contribution in [-0.2, 0) is 10.0 Å². The molecule has 2 aliphatic heterocycles. The Kier molecular flexibility index (Phi) is 4.12. The van der Waals surface area contributed by atoms with Gasteiger partial charge in [-0.2, -0.15) is 4.31 Å². The highest BCUT2D eigenvalue weighted by Crippen LogP contribution is 2.28. The quantitative estimate of drug-likeness (QED) is 0.796. The Morgan fingerprint density at radius 3 is 2.37 bits per heavy atom. The Balaban J connectivity index is 1.52. The van der Waals surface area contributed by atoms with Crippen LogP contribution in [0.15, 0.2) is 0 Å². The molecule has 0 aromatic heterocycles. The van der Waals surface area contributed by atoms with E-state index in [0.717, 1.165) is 45.1 Å². The van der Waals surface area contributed by atoms with Gasteiger partial charge in [-0.05, 0) is 44.7 Å². The van der Waals surface area contributed by atoms with Crippen LogP contribution in [-0.4, -0.2) is 68.7 Å². The first kappa shape index (κ1) is 13.8. The van der Waals surface area contributed by atoms with Gasteiger partial charge in [-0.25, -0.2) is 8.42 Å². The summed E-state index contributed by atoms with van der Waals surface area (Å²) in [5.41, 5.74) is 0. The normalized spacial score (nSPS) is 31.5. The maximum Gasteiger partial charge on any atom is 0.214 e. The molecule has 5 nitrogen and oxygen atoms in total. The Morgan fingerprint density at radius 1 is 1.05 bits per heavy atom. The Labute approximate surface area is 116 Å². The molecule has 1 N–H and O–H groups in total. The molecule has 6 heteroatoms. The van der Waals surface area contributed by atoms with Gasteiger partial charge < -0.3 is 5.32 Å². The minimum atomic E-state index is -3.05. The topological polar surface area (TPSA) is 52.7 Å². The average Bonchev–Trinajstić information content (AvgIpc) is 3.24. The van der Waals surface area contributed by atoms with Crippen molar-refractivity contribution in [1.82, 2.24) is 14.5 Å². The molecule has 0 bridgehead atoms. The summed E-state index contributed by atoms with van der Waals surface area (Å²) in [4.78, 5) is 2.45. The number of rotatable bonds is 4. The van der Waals surface area contributed by atoms with E-state index in [0.29, 0.717) is 24.8 Å². The van der Waals surface area contributed by atoms with E-state index >= 15 is 0 Å². The minimum Gasteiger partial charge on any atom is -0.316 e. The number of hydrogen-bond donors (Lipinski definition) is 1. The van der Waals surface area contributed by atoms with E-state index in [4.69, 9.17) is 0 Å². The zero-order valence-electron chi connectivity index (χ0n) is 11.6. The van der Waals surface area contributed by atoms with E-state index in [9.17, 15) is 8.42 Å². The summed E-state index contributed by atoms with van der Waals surface area (Å²) in [5.74, 6) is 0.642. The second-order valence-electron chi connectivity index (χ2n) is 6.16. The lowest BCUT2D eigenvalue weighted by molar-refractivity contribution is 0.180. The lowest BCUT2D eigenvalue weighted by Crippen LogP contribution is -2.50. The van der Waals surface area contributed by atoms with E-state index in [2.05, 4.69) is 10.2 Å². The van der Waals surface area contributed by atoms with Gasteiger partial charge >= 0.3 is 0 Å². The molecule has 2 saturated heterocycles. The molecule has 0 amide bonds. The molecule has 1 saturated carbocycles. The smallest absolute Gasteiger partial charge is 0.214 e. The second-order valence-corrected chi connectivity index (χ2v) is 8.17. The number of piperazine rings is 1. The molecule has 0 aromatic rings. The zero-order chi connectivity index (χ0) is 13.3. The number of hydrogen-bond acceptors (Lipinski definition) is 4. The van der Waals surface area contributed by atoms with E-state index in [-0.39, 0.29) is 0 Å². The standard InChI is InChI=1S/C13H25N3O2S/c17-19(18,11-12-2-1-5-14-10-12)16-8-6-15(7-9-16)13-3-4-13/h12-14H,1-11H2. The summed E-state index contributed by atoms with van der Waals surface area (Å²) < 4.78 is 26.6. The Morgan fingerprint density at radius 2 is 1.79 bits per heavy atom. The van der Waals surface area contributed by atoms with Crippen molar-refractivity contribution in [1.29, 1.82) is 0 Å². The first-order chi connectivity index (χ1) is 9.15. The van der Waals surface area contributed by atoms with Crippen LogP contribution in [0.3, 0.4) is 0 Å². The summed E-state index contributed by atoms with van der Waals surface area (Å²) in [6.07, 6.45) is 4.77. The van der Waals surface area contributed by atoms with Crippen LogP contribution >= 0.6 is 0 Å². The van der Waals surface area contributed by atoms with Gasteiger partial charge in [0.25, 0.3) is 0 Å². The van der Waals surface area contributed by atoms with Gasteiger partial charge in [-0.3, -0.25) is 4.90 Å². The van der Waals surface area contributed by atoms with E-state index in [1.165, 1.54) is 12.8 Å². The third-order valence-electron chi connectivity index (χ3n) is 4.58. The minimum absolute atomic E-state index is 0.306. The molecule has 3 fully saturated rings. The summed E-state index contributed by atoms with van der Waals surface area (Å²) in [7, 11) is -3.05. The summed E-state index contributed by atoms with van der Waals surface area (Å²) in [5, 5.41) is 3.30. The lowest BCUT2D eigenvalue weighted by Gasteiger charge is -2.35. The zero-order valence-corrected chi connectivity index (χ0v) is 12.4. The van der Waals surface area contributed by atoms with E-state index in [1.54, 1.807) is 4.31 Å². The first-order valence-corrected chi connectivity index (χ1v) is 9.19. The fraction of sp³-hybridized carbons (Fsp3) is 1.00. The molecular formula is C13H25N3O2S. The van der Waals surface area contributed by atoms with Crippen LogP contribution in [0.2, 0.25) is 0 Å². The summed E-state index contributed by atoms with van der Waals surface area (Å²) in [6, 6.07) is 0.757. The third kappa shape index (κ3) is 3.48. The maximum absolute atomic E-state index is 12.4. The monoisotopic (exact) mass is 287 g/mol. The number of nitrogens with one attached hydrogen (secondary N) is 1. The van der Waals surface area contributed by atoms with Crippen LogP contribution in [0, 0.1) is 5.92 Å². The van der Waals surface area contributed by atoms with Crippen molar-refractivity contribution in [3.63, 3.8) is 0 Å². The molecule has 0 spiro atoms. The van der Waals surface area contributed by atoms with Crippen LogP contribution in [0.1, 0.15) is 25.7 Å². The Bertz CT molecular complexity index is 394. The summed E-state index contributed by atoms with van der Waals surface area (Å²) >= 11 is 0. The first-order valence-electron chi connectivity index (χ1n) is 7.58. The predicted octanol–water partition coefficient (Wildman–Crippen LogP) is 0.0958. The highest BCUT2D eigenvalue weighted by atomic mass is 32.2. The van der Waals surface area contributed by atoms with Gasteiger partial charge in [0.2, 0.25) is 10.0 Å². The molecule has 110 valence electrons. The van der Waals surface area contributed by atoms with Gasteiger partial charge in [0.1, 0.15) is 0 Å². The van der Waals surface area contributed by atoms with Gasteiger partial charge in [-0.1, -0.05) is 0 Å². The molecule has 2 heterocycles. The lowest BCUT2D eigenvalue weighted by atomic mass is 10.0. The molecule has 3 rings (SSSR count). The largest absolute Gasteiger partial charge is 0.316 e. The molecule has 1 aliphatic carbocycles. The highest BCUT2D eigenvalue weighted by Gasteiger charge is 2.35. The number of sulfonamides is 1. The van der Waals surface area contributed by atoms with Crippen LogP contribution in [0.5, 0.6) is 0 Å². The van der Waals surface area contributed by atoms with Crippen molar-refractivity contribution >= 4 is 10.0 Å². The fourth-order valence-electron chi connectivity index (χ4n) is 3.26. The molecule has 0 aromatic carbocycles. The van der Waals surface area contributed by atoms with Crippen LogP contribution in [0.25, 0.3) is 0 Å². The number of nitrogens with zero attached hydrogens (tertiary/aromatic N) is 2. The van der Waals surface area contributed by atoms with Crippen molar-refractivity contribution < 1.29 is 8.42 Å². The third-order valence-corrected chi connectivity index (χ3v) is 6.62. The van der Waals surface area contributed by atoms with E-state index in [1.807, 2.05) is 0 Å². The highest BCUT2D eigenvalue weighted by molar-refractivity contribution is 7.89. The molecule has 3 aliphatic rings. The predicted molar refractivity (Wildman–Crippen MR) is 75.5 cm³/mol. The molecule has 1 atom stereocenters. The van der Waals surface area contributed by atoms with Crippen LogP contribution in [0.4, 0.5) is 0 Å². The maximum atomic E-state index is 12.4. The van der Waals surface area contributed by atoms with Crippen LogP contribution < -0.4 is 5.32 Å². The molecule has 1 unspecified atom stereocenters. The SMILES string of the molecule is O=S(=O)(CC1CCCNC1)N1CCN(C2CC2)CC1. The Hall–Kier alpha value is -0.170. The van der Waals surface area contributed by atoms with Gasteiger partial charge in [0.15, 0.2) is 0 Å². The van der Waals surface area contributed by atoms with Gasteiger partial charge in [-0.15, -0.1) is 0 Å².